The van der Waals surface area contributed by atoms with Crippen molar-refractivity contribution >= 4 is 34.7 Å². The van der Waals surface area contributed by atoms with Gasteiger partial charge in [-0.1, -0.05) is 41.9 Å². The molecule has 0 radical (unpaired) electrons. The second-order valence-electron chi connectivity index (χ2n) is 7.47. The standard InChI is InChI=1S/C26H22ClNO6/c1-3-34-15-12-13-18(27)17(14-15)24(30)22-23(16-8-4-7-11-21(16)33-2)28(26(32)25(22)31)19-9-5-6-10-20(19)29/h4-14,23,29-30H,3H2,1-2H3/b24-22+. The topological polar surface area (TPSA) is 96.3 Å². The van der Waals surface area contributed by atoms with Crippen LogP contribution in [-0.2, 0) is 9.59 Å². The molecule has 1 aliphatic rings. The third-order valence-electron chi connectivity index (χ3n) is 5.52. The van der Waals surface area contributed by atoms with Crippen LogP contribution in [0.2, 0.25) is 5.02 Å². The van der Waals surface area contributed by atoms with Crippen LogP contribution < -0.4 is 14.4 Å². The predicted molar refractivity (Wildman–Crippen MR) is 129 cm³/mol. The summed E-state index contributed by atoms with van der Waals surface area (Å²) in [6.45, 7) is 2.20. The number of hydrogen-bond acceptors (Lipinski definition) is 6. The molecule has 0 aromatic heterocycles. The van der Waals surface area contributed by atoms with Crippen molar-refractivity contribution in [2.75, 3.05) is 18.6 Å². The number of Topliss-reactive ketones (excluding diaryl/α,β-unsaturated/α-hetero) is 1. The molecule has 1 aliphatic heterocycles. The third-order valence-corrected chi connectivity index (χ3v) is 5.85. The lowest BCUT2D eigenvalue weighted by Gasteiger charge is -2.27. The largest absolute Gasteiger partial charge is 0.507 e. The summed E-state index contributed by atoms with van der Waals surface area (Å²) in [4.78, 5) is 27.7. The molecule has 1 atom stereocenters. The first-order chi connectivity index (χ1) is 16.4. The van der Waals surface area contributed by atoms with E-state index in [0.717, 1.165) is 4.90 Å². The number of phenols is 1. The molecule has 4 rings (SSSR count). The van der Waals surface area contributed by atoms with E-state index in [0.29, 0.717) is 23.7 Å². The minimum atomic E-state index is -1.09. The second kappa shape index (κ2) is 9.49. The molecule has 3 aromatic carbocycles. The molecule has 174 valence electrons. The number of hydrogen-bond donors (Lipinski definition) is 2. The minimum absolute atomic E-state index is 0.119. The lowest BCUT2D eigenvalue weighted by molar-refractivity contribution is -0.132. The Morgan fingerprint density at radius 2 is 1.76 bits per heavy atom. The van der Waals surface area contributed by atoms with Gasteiger partial charge in [-0.05, 0) is 43.3 Å². The molecule has 0 aliphatic carbocycles. The van der Waals surface area contributed by atoms with Gasteiger partial charge >= 0.3 is 0 Å². The Labute approximate surface area is 201 Å². The number of carbonyl (C=O) groups is 2. The highest BCUT2D eigenvalue weighted by Crippen LogP contribution is 2.47. The molecule has 1 heterocycles. The monoisotopic (exact) mass is 479 g/mol. The van der Waals surface area contributed by atoms with Crippen molar-refractivity contribution in [2.45, 2.75) is 13.0 Å². The molecule has 0 saturated carbocycles. The second-order valence-corrected chi connectivity index (χ2v) is 7.88. The van der Waals surface area contributed by atoms with E-state index in [-0.39, 0.29) is 27.6 Å². The summed E-state index contributed by atoms with van der Waals surface area (Å²) in [5.41, 5.74) is 0.524. The minimum Gasteiger partial charge on any atom is -0.507 e. The van der Waals surface area contributed by atoms with E-state index < -0.39 is 23.5 Å². The van der Waals surface area contributed by atoms with Gasteiger partial charge in [0.05, 0.1) is 36.0 Å². The maximum atomic E-state index is 13.3. The van der Waals surface area contributed by atoms with Crippen molar-refractivity contribution in [1.82, 2.24) is 0 Å². The van der Waals surface area contributed by atoms with E-state index >= 15 is 0 Å². The number of aromatic hydroxyl groups is 1. The fourth-order valence-corrected chi connectivity index (χ4v) is 4.23. The highest BCUT2D eigenvalue weighted by Gasteiger charge is 2.48. The quantitative estimate of drug-likeness (QED) is 0.291. The summed E-state index contributed by atoms with van der Waals surface area (Å²) < 4.78 is 11.0. The number of phenolic OH excluding ortho intramolecular Hbond substituents is 1. The zero-order valence-corrected chi connectivity index (χ0v) is 19.2. The molecule has 0 spiro atoms. The summed E-state index contributed by atoms with van der Waals surface area (Å²) in [6, 6.07) is 16.6. The number of rotatable bonds is 6. The summed E-state index contributed by atoms with van der Waals surface area (Å²) >= 11 is 6.36. The van der Waals surface area contributed by atoms with Gasteiger partial charge in [-0.2, -0.15) is 0 Å². The Morgan fingerprint density at radius 3 is 2.47 bits per heavy atom. The number of anilines is 1. The van der Waals surface area contributed by atoms with Crippen molar-refractivity contribution < 1.29 is 29.3 Å². The van der Waals surface area contributed by atoms with Crippen molar-refractivity contribution in [3.05, 3.63) is 88.5 Å². The van der Waals surface area contributed by atoms with Crippen molar-refractivity contribution in [1.29, 1.82) is 0 Å². The van der Waals surface area contributed by atoms with Crippen LogP contribution in [0.3, 0.4) is 0 Å². The first kappa shape index (κ1) is 23.2. The maximum Gasteiger partial charge on any atom is 0.300 e. The fraction of sp³-hybridized carbons (Fsp3) is 0.154. The van der Waals surface area contributed by atoms with Crippen LogP contribution in [0.15, 0.2) is 72.3 Å². The number of methoxy groups -OCH3 is 1. The molecule has 2 N–H and O–H groups in total. The molecule has 3 aromatic rings. The Morgan fingerprint density at radius 1 is 1.06 bits per heavy atom. The number of para-hydroxylation sites is 3. The van der Waals surface area contributed by atoms with Crippen molar-refractivity contribution in [2.24, 2.45) is 0 Å². The predicted octanol–water partition coefficient (Wildman–Crippen LogP) is 5.08. The Hall–Kier alpha value is -3.97. The van der Waals surface area contributed by atoms with Gasteiger partial charge in [-0.25, -0.2) is 0 Å². The number of ketones is 1. The highest BCUT2D eigenvalue weighted by atomic mass is 35.5. The number of benzene rings is 3. The van der Waals surface area contributed by atoms with Crippen LogP contribution in [0.1, 0.15) is 24.1 Å². The Balaban J connectivity index is 2.01. The van der Waals surface area contributed by atoms with Crippen LogP contribution in [-0.4, -0.2) is 35.6 Å². The molecule has 34 heavy (non-hydrogen) atoms. The van der Waals surface area contributed by atoms with Gasteiger partial charge in [0.1, 0.15) is 23.0 Å². The lowest BCUT2D eigenvalue weighted by Crippen LogP contribution is -2.29. The average Bonchev–Trinajstić information content (AvgIpc) is 3.10. The molecule has 7 nitrogen and oxygen atoms in total. The number of aliphatic hydroxyl groups is 1. The first-order valence-electron chi connectivity index (χ1n) is 10.5. The molecule has 1 saturated heterocycles. The van der Waals surface area contributed by atoms with Gasteiger partial charge < -0.3 is 19.7 Å². The zero-order chi connectivity index (χ0) is 24.4. The Bertz CT molecular complexity index is 1300. The maximum absolute atomic E-state index is 13.3. The summed E-state index contributed by atoms with van der Waals surface area (Å²) in [6.07, 6.45) is 0. The number of carbonyl (C=O) groups excluding carboxylic acids is 2. The van der Waals surface area contributed by atoms with Gasteiger partial charge in [0.15, 0.2) is 0 Å². The van der Waals surface area contributed by atoms with E-state index in [1.807, 2.05) is 6.92 Å². The van der Waals surface area contributed by atoms with E-state index in [1.165, 1.54) is 25.3 Å². The number of amides is 1. The molecule has 1 unspecified atom stereocenters. The van der Waals surface area contributed by atoms with Crippen molar-refractivity contribution in [3.63, 3.8) is 0 Å². The summed E-state index contributed by atoms with van der Waals surface area (Å²) in [5, 5.41) is 22.0. The van der Waals surface area contributed by atoms with Crippen LogP contribution in [0.25, 0.3) is 5.76 Å². The molecular formula is C26H22ClNO6. The van der Waals surface area contributed by atoms with E-state index in [4.69, 9.17) is 21.1 Å². The van der Waals surface area contributed by atoms with Gasteiger partial charge in [0.2, 0.25) is 0 Å². The first-order valence-corrected chi connectivity index (χ1v) is 10.9. The third kappa shape index (κ3) is 3.95. The molecular weight excluding hydrogens is 458 g/mol. The van der Waals surface area contributed by atoms with Gasteiger partial charge in [0, 0.05) is 11.1 Å². The zero-order valence-electron chi connectivity index (χ0n) is 18.5. The fourth-order valence-electron chi connectivity index (χ4n) is 4.02. The van der Waals surface area contributed by atoms with Gasteiger partial charge in [-0.3, -0.25) is 14.5 Å². The Kier molecular flexibility index (Phi) is 6.47. The smallest absolute Gasteiger partial charge is 0.300 e. The number of nitrogens with zero attached hydrogens (tertiary/aromatic N) is 1. The average molecular weight is 480 g/mol. The SMILES string of the molecule is CCOc1ccc(Cl)c(/C(O)=C2\C(=O)C(=O)N(c3ccccc3O)C2c2ccccc2OC)c1. The number of ether oxygens (including phenoxy) is 2. The van der Waals surface area contributed by atoms with E-state index in [9.17, 15) is 19.8 Å². The summed E-state index contributed by atoms with van der Waals surface area (Å²) in [7, 11) is 1.47. The van der Waals surface area contributed by atoms with Gasteiger partial charge in [-0.15, -0.1) is 0 Å². The number of aliphatic hydroxyl groups excluding tert-OH is 1. The van der Waals surface area contributed by atoms with Gasteiger partial charge in [0.25, 0.3) is 11.7 Å². The molecule has 1 amide bonds. The highest BCUT2D eigenvalue weighted by molar-refractivity contribution is 6.52. The molecule has 8 heteroatoms. The van der Waals surface area contributed by atoms with Crippen molar-refractivity contribution in [3.8, 4) is 17.2 Å². The van der Waals surface area contributed by atoms with Crippen LogP contribution >= 0.6 is 11.6 Å². The normalized spacial score (nSPS) is 17.1. The molecule has 0 bridgehead atoms. The van der Waals surface area contributed by atoms with Crippen LogP contribution in [0.5, 0.6) is 17.2 Å². The van der Waals surface area contributed by atoms with Crippen LogP contribution in [0, 0.1) is 0 Å². The van der Waals surface area contributed by atoms with Crippen LogP contribution in [0.4, 0.5) is 5.69 Å². The van der Waals surface area contributed by atoms with E-state index in [2.05, 4.69) is 0 Å². The summed E-state index contributed by atoms with van der Waals surface area (Å²) in [5.74, 6) is -1.64. The lowest BCUT2D eigenvalue weighted by atomic mass is 9.94. The van der Waals surface area contributed by atoms with E-state index in [1.54, 1.807) is 48.5 Å². The number of halogens is 1. The molecule has 1 fully saturated rings.